The van der Waals surface area contributed by atoms with Crippen LogP contribution >= 0.6 is 0 Å². The number of rotatable bonds is 5. The highest BCUT2D eigenvalue weighted by Gasteiger charge is 2.14. The molecular formula is C14H23N3O. The van der Waals surface area contributed by atoms with E-state index in [1.54, 1.807) is 6.33 Å². The zero-order valence-corrected chi connectivity index (χ0v) is 11.4. The summed E-state index contributed by atoms with van der Waals surface area (Å²) < 4.78 is 5.78. The molecule has 0 radical (unpaired) electrons. The van der Waals surface area contributed by atoms with Crippen LogP contribution in [0.25, 0.3) is 0 Å². The fourth-order valence-electron chi connectivity index (χ4n) is 2.26. The molecule has 1 aliphatic heterocycles. The van der Waals surface area contributed by atoms with Gasteiger partial charge in [0.05, 0.1) is 6.61 Å². The van der Waals surface area contributed by atoms with Gasteiger partial charge in [-0.1, -0.05) is 13.8 Å². The second-order valence-corrected chi connectivity index (χ2v) is 5.47. The Bertz CT molecular complexity index is 362. The van der Waals surface area contributed by atoms with Gasteiger partial charge in [0.2, 0.25) is 5.88 Å². The van der Waals surface area contributed by atoms with Crippen LogP contribution in [0.1, 0.15) is 32.4 Å². The van der Waals surface area contributed by atoms with Crippen LogP contribution in [0.15, 0.2) is 12.4 Å². The molecule has 1 saturated heterocycles. The first-order valence-corrected chi connectivity index (χ1v) is 6.88. The molecule has 1 aliphatic rings. The molecule has 0 aromatic carbocycles. The van der Waals surface area contributed by atoms with Gasteiger partial charge in [-0.15, -0.1) is 0 Å². The Labute approximate surface area is 109 Å². The first-order chi connectivity index (χ1) is 8.74. The molecule has 0 saturated carbocycles. The summed E-state index contributed by atoms with van der Waals surface area (Å²) in [6.45, 7) is 7.34. The lowest BCUT2D eigenvalue weighted by Crippen LogP contribution is -2.33. The quantitative estimate of drug-likeness (QED) is 0.867. The van der Waals surface area contributed by atoms with Gasteiger partial charge in [0.15, 0.2) is 0 Å². The number of nitrogens with zero attached hydrogens (tertiary/aromatic N) is 2. The molecule has 0 amide bonds. The van der Waals surface area contributed by atoms with Gasteiger partial charge >= 0.3 is 0 Å². The van der Waals surface area contributed by atoms with Gasteiger partial charge < -0.3 is 10.1 Å². The number of piperidine rings is 1. The highest BCUT2D eigenvalue weighted by atomic mass is 16.5. The second kappa shape index (κ2) is 6.69. The molecule has 4 nitrogen and oxygen atoms in total. The van der Waals surface area contributed by atoms with Gasteiger partial charge in [-0.2, -0.15) is 0 Å². The van der Waals surface area contributed by atoms with Crippen molar-refractivity contribution in [2.45, 2.75) is 33.1 Å². The van der Waals surface area contributed by atoms with E-state index in [0.717, 1.165) is 31.8 Å². The molecule has 1 unspecified atom stereocenters. The third-order valence-electron chi connectivity index (χ3n) is 3.18. The molecule has 100 valence electrons. The molecule has 1 N–H and O–H groups in total. The molecule has 4 heteroatoms. The Kier molecular flexibility index (Phi) is 4.93. The summed E-state index contributed by atoms with van der Waals surface area (Å²) in [5, 5.41) is 3.40. The van der Waals surface area contributed by atoms with Crippen molar-refractivity contribution in [3.8, 4) is 5.88 Å². The average molecular weight is 249 g/mol. The van der Waals surface area contributed by atoms with Gasteiger partial charge in [0, 0.05) is 24.2 Å². The van der Waals surface area contributed by atoms with Gasteiger partial charge in [-0.25, -0.2) is 9.97 Å². The molecule has 1 aromatic heterocycles. The Balaban J connectivity index is 1.84. The Morgan fingerprint density at radius 3 is 3.06 bits per heavy atom. The van der Waals surface area contributed by atoms with E-state index in [1.165, 1.54) is 12.8 Å². The first-order valence-electron chi connectivity index (χ1n) is 6.88. The van der Waals surface area contributed by atoms with E-state index in [0.29, 0.717) is 17.7 Å². The fraction of sp³-hybridized carbons (Fsp3) is 0.714. The van der Waals surface area contributed by atoms with E-state index in [2.05, 4.69) is 29.1 Å². The van der Waals surface area contributed by atoms with Crippen molar-refractivity contribution in [1.29, 1.82) is 0 Å². The average Bonchev–Trinajstić information content (AvgIpc) is 2.37. The third-order valence-corrected chi connectivity index (χ3v) is 3.18. The van der Waals surface area contributed by atoms with Crippen molar-refractivity contribution in [1.82, 2.24) is 15.3 Å². The number of ether oxygens (including phenoxy) is 1. The van der Waals surface area contributed by atoms with Crippen LogP contribution < -0.4 is 10.1 Å². The number of aromatic nitrogens is 2. The fourth-order valence-corrected chi connectivity index (χ4v) is 2.26. The predicted molar refractivity (Wildman–Crippen MR) is 71.7 cm³/mol. The molecule has 2 rings (SSSR count). The zero-order chi connectivity index (χ0) is 12.8. The molecule has 0 aliphatic carbocycles. The lowest BCUT2D eigenvalue weighted by molar-refractivity contribution is 0.211. The summed E-state index contributed by atoms with van der Waals surface area (Å²) in [7, 11) is 0. The van der Waals surface area contributed by atoms with E-state index >= 15 is 0 Å². The van der Waals surface area contributed by atoms with Crippen LogP contribution in [-0.4, -0.2) is 29.7 Å². The van der Waals surface area contributed by atoms with Crippen molar-refractivity contribution < 1.29 is 4.74 Å². The second-order valence-electron chi connectivity index (χ2n) is 5.47. The normalized spacial score (nSPS) is 20.1. The topological polar surface area (TPSA) is 47.0 Å². The monoisotopic (exact) mass is 249 g/mol. The third kappa shape index (κ3) is 4.26. The smallest absolute Gasteiger partial charge is 0.216 e. The highest BCUT2D eigenvalue weighted by Crippen LogP contribution is 2.14. The van der Waals surface area contributed by atoms with Crippen LogP contribution in [0.2, 0.25) is 0 Å². The SMILES string of the molecule is CC(C)Cc1cc(OCC2CCCNC2)ncn1. The first kappa shape index (κ1) is 13.3. The van der Waals surface area contributed by atoms with Gasteiger partial charge in [0.25, 0.3) is 0 Å². The molecule has 18 heavy (non-hydrogen) atoms. The van der Waals surface area contributed by atoms with Crippen LogP contribution in [0.3, 0.4) is 0 Å². The largest absolute Gasteiger partial charge is 0.477 e. The van der Waals surface area contributed by atoms with Crippen LogP contribution in [0.5, 0.6) is 5.88 Å². The minimum Gasteiger partial charge on any atom is -0.477 e. The zero-order valence-electron chi connectivity index (χ0n) is 11.4. The van der Waals surface area contributed by atoms with E-state index < -0.39 is 0 Å². The maximum absolute atomic E-state index is 5.78. The summed E-state index contributed by atoms with van der Waals surface area (Å²) in [6, 6.07) is 1.97. The lowest BCUT2D eigenvalue weighted by atomic mass is 10.0. The summed E-state index contributed by atoms with van der Waals surface area (Å²) in [4.78, 5) is 8.45. The number of hydrogen-bond acceptors (Lipinski definition) is 4. The molecular weight excluding hydrogens is 226 g/mol. The van der Waals surface area contributed by atoms with Gasteiger partial charge in [0.1, 0.15) is 6.33 Å². The van der Waals surface area contributed by atoms with Crippen molar-refractivity contribution in [2.75, 3.05) is 19.7 Å². The van der Waals surface area contributed by atoms with Crippen molar-refractivity contribution in [3.05, 3.63) is 18.1 Å². The highest BCUT2D eigenvalue weighted by molar-refractivity contribution is 5.13. The summed E-state index contributed by atoms with van der Waals surface area (Å²) in [6.07, 6.45) is 5.07. The summed E-state index contributed by atoms with van der Waals surface area (Å²) in [5.41, 5.74) is 1.07. The van der Waals surface area contributed by atoms with Crippen LogP contribution in [0, 0.1) is 11.8 Å². The standard InChI is InChI=1S/C14H23N3O/c1-11(2)6-13-7-14(17-10-16-13)18-9-12-4-3-5-15-8-12/h7,10-12,15H,3-6,8-9H2,1-2H3. The summed E-state index contributed by atoms with van der Waals surface area (Å²) in [5.74, 6) is 1.93. The molecule has 0 spiro atoms. The van der Waals surface area contributed by atoms with E-state index in [4.69, 9.17) is 4.74 Å². The van der Waals surface area contributed by atoms with E-state index in [-0.39, 0.29) is 0 Å². The molecule has 2 heterocycles. The van der Waals surface area contributed by atoms with Gasteiger partial charge in [-0.3, -0.25) is 0 Å². The molecule has 0 bridgehead atoms. The minimum atomic E-state index is 0.607. The number of nitrogens with one attached hydrogen (secondary N) is 1. The van der Waals surface area contributed by atoms with E-state index in [1.807, 2.05) is 6.07 Å². The molecule has 1 fully saturated rings. The lowest BCUT2D eigenvalue weighted by Gasteiger charge is -2.22. The maximum Gasteiger partial charge on any atom is 0.216 e. The van der Waals surface area contributed by atoms with Crippen molar-refractivity contribution >= 4 is 0 Å². The molecule has 1 atom stereocenters. The van der Waals surface area contributed by atoms with Gasteiger partial charge in [-0.05, 0) is 31.7 Å². The molecule has 1 aromatic rings. The predicted octanol–water partition coefficient (Wildman–Crippen LogP) is 2.05. The Hall–Kier alpha value is -1.16. The minimum absolute atomic E-state index is 0.607. The van der Waals surface area contributed by atoms with Crippen molar-refractivity contribution in [3.63, 3.8) is 0 Å². The van der Waals surface area contributed by atoms with Crippen LogP contribution in [-0.2, 0) is 6.42 Å². The van der Waals surface area contributed by atoms with E-state index in [9.17, 15) is 0 Å². The van der Waals surface area contributed by atoms with Crippen LogP contribution in [0.4, 0.5) is 0 Å². The summed E-state index contributed by atoms with van der Waals surface area (Å²) >= 11 is 0. The number of hydrogen-bond donors (Lipinski definition) is 1. The Morgan fingerprint density at radius 2 is 2.33 bits per heavy atom. The Morgan fingerprint density at radius 1 is 1.44 bits per heavy atom. The maximum atomic E-state index is 5.78. The van der Waals surface area contributed by atoms with Crippen molar-refractivity contribution in [2.24, 2.45) is 11.8 Å².